The van der Waals surface area contributed by atoms with Crippen LogP contribution in [-0.4, -0.2) is 26.0 Å². The molecule has 0 spiro atoms. The number of thiophene rings is 1. The van der Waals surface area contributed by atoms with Crippen molar-refractivity contribution in [2.75, 3.05) is 6.54 Å². The van der Waals surface area contributed by atoms with Crippen LogP contribution in [0.3, 0.4) is 0 Å². The third-order valence-corrected chi connectivity index (χ3v) is 4.80. The van der Waals surface area contributed by atoms with E-state index < -0.39 is 16.0 Å². The van der Waals surface area contributed by atoms with Gasteiger partial charge in [0.2, 0.25) is 10.0 Å². The first kappa shape index (κ1) is 13.7. The summed E-state index contributed by atoms with van der Waals surface area (Å²) in [5, 5.41) is 8.69. The van der Waals surface area contributed by atoms with Crippen LogP contribution < -0.4 is 4.72 Å². The lowest BCUT2D eigenvalue weighted by Crippen LogP contribution is -2.23. The molecule has 1 heterocycles. The van der Waals surface area contributed by atoms with Crippen molar-refractivity contribution in [2.24, 2.45) is 0 Å². The zero-order chi connectivity index (χ0) is 12.9. The van der Waals surface area contributed by atoms with E-state index in [4.69, 9.17) is 5.11 Å². The molecular weight excluding hydrogens is 262 g/mol. The van der Waals surface area contributed by atoms with Gasteiger partial charge in [-0.1, -0.05) is 0 Å². The van der Waals surface area contributed by atoms with E-state index in [1.54, 1.807) is 6.92 Å². The number of nitrogens with one attached hydrogen (secondary N) is 1. The van der Waals surface area contributed by atoms with Crippen molar-refractivity contribution in [2.45, 2.75) is 17.6 Å². The highest BCUT2D eigenvalue weighted by Gasteiger charge is 2.18. The Kier molecular flexibility index (Phi) is 4.69. The molecule has 0 aliphatic heterocycles. The minimum atomic E-state index is -3.62. The van der Waals surface area contributed by atoms with E-state index in [0.29, 0.717) is 6.42 Å². The van der Waals surface area contributed by atoms with Gasteiger partial charge in [0.1, 0.15) is 9.09 Å². The van der Waals surface area contributed by atoms with E-state index in [9.17, 15) is 13.2 Å². The lowest BCUT2D eigenvalue weighted by molar-refractivity contribution is 0.0702. The third kappa shape index (κ3) is 3.85. The van der Waals surface area contributed by atoms with E-state index in [2.05, 4.69) is 16.6 Å². The van der Waals surface area contributed by atoms with Crippen molar-refractivity contribution in [3.8, 4) is 11.8 Å². The summed E-state index contributed by atoms with van der Waals surface area (Å²) in [5.74, 6) is 4.25. The maximum Gasteiger partial charge on any atom is 0.345 e. The van der Waals surface area contributed by atoms with E-state index in [1.165, 1.54) is 12.1 Å². The molecule has 0 radical (unpaired) electrons. The molecule has 0 saturated carbocycles. The van der Waals surface area contributed by atoms with E-state index in [-0.39, 0.29) is 15.6 Å². The SMILES string of the molecule is CC#CCCNS(=O)(=O)c1ccc(C(=O)O)s1. The molecule has 1 aromatic heterocycles. The van der Waals surface area contributed by atoms with Crippen LogP contribution in [0, 0.1) is 11.8 Å². The van der Waals surface area contributed by atoms with Gasteiger partial charge in [-0.05, 0) is 19.1 Å². The molecule has 92 valence electrons. The fourth-order valence-corrected chi connectivity index (χ4v) is 3.24. The van der Waals surface area contributed by atoms with E-state index >= 15 is 0 Å². The molecule has 0 unspecified atom stereocenters. The van der Waals surface area contributed by atoms with E-state index in [0.717, 1.165) is 11.3 Å². The zero-order valence-corrected chi connectivity index (χ0v) is 10.7. The molecular formula is C10H11NO4S2. The Morgan fingerprint density at radius 3 is 2.76 bits per heavy atom. The van der Waals surface area contributed by atoms with Crippen molar-refractivity contribution >= 4 is 27.3 Å². The first-order valence-corrected chi connectivity index (χ1v) is 7.00. The summed E-state index contributed by atoms with van der Waals surface area (Å²) in [4.78, 5) is 10.6. The molecule has 1 rings (SSSR count). The van der Waals surface area contributed by atoms with Crippen LogP contribution in [0.5, 0.6) is 0 Å². The Hall–Kier alpha value is -1.36. The van der Waals surface area contributed by atoms with Crippen molar-refractivity contribution in [3.05, 3.63) is 17.0 Å². The van der Waals surface area contributed by atoms with Gasteiger partial charge in [0.05, 0.1) is 0 Å². The van der Waals surface area contributed by atoms with Crippen LogP contribution in [0.15, 0.2) is 16.3 Å². The molecule has 2 N–H and O–H groups in total. The Morgan fingerprint density at radius 1 is 1.53 bits per heavy atom. The number of aromatic carboxylic acids is 1. The lowest BCUT2D eigenvalue weighted by atomic mass is 10.4. The highest BCUT2D eigenvalue weighted by molar-refractivity contribution is 7.91. The Bertz CT molecular complexity index is 563. The highest BCUT2D eigenvalue weighted by Crippen LogP contribution is 2.21. The molecule has 17 heavy (non-hydrogen) atoms. The van der Waals surface area contributed by atoms with Crippen LogP contribution in [0.4, 0.5) is 0 Å². The quantitative estimate of drug-likeness (QED) is 0.622. The summed E-state index contributed by atoms with van der Waals surface area (Å²) in [5.41, 5.74) is 0. The van der Waals surface area contributed by atoms with Crippen LogP contribution in [0.25, 0.3) is 0 Å². The smallest absolute Gasteiger partial charge is 0.345 e. The monoisotopic (exact) mass is 273 g/mol. The number of hydrogen-bond acceptors (Lipinski definition) is 4. The number of rotatable bonds is 5. The molecule has 0 aliphatic rings. The lowest BCUT2D eigenvalue weighted by Gasteiger charge is -2.01. The first-order chi connectivity index (χ1) is 7.97. The van der Waals surface area contributed by atoms with Crippen LogP contribution in [-0.2, 0) is 10.0 Å². The normalized spacial score (nSPS) is 10.6. The molecule has 0 bridgehead atoms. The molecule has 0 amide bonds. The average Bonchev–Trinajstić information content (AvgIpc) is 2.74. The summed E-state index contributed by atoms with van der Waals surface area (Å²) >= 11 is 0.726. The fraction of sp³-hybridized carbons (Fsp3) is 0.300. The molecule has 5 nitrogen and oxygen atoms in total. The second kappa shape index (κ2) is 5.82. The van der Waals surface area contributed by atoms with Crippen molar-refractivity contribution in [1.82, 2.24) is 4.72 Å². The molecule has 0 aromatic carbocycles. The topological polar surface area (TPSA) is 83.5 Å². The fourth-order valence-electron chi connectivity index (χ4n) is 1.02. The van der Waals surface area contributed by atoms with Gasteiger partial charge in [0.15, 0.2) is 0 Å². The number of hydrogen-bond donors (Lipinski definition) is 2. The van der Waals surface area contributed by atoms with Gasteiger partial charge in [0.25, 0.3) is 0 Å². The highest BCUT2D eigenvalue weighted by atomic mass is 32.2. The molecule has 1 aromatic rings. The van der Waals surface area contributed by atoms with Gasteiger partial charge >= 0.3 is 5.97 Å². The van der Waals surface area contributed by atoms with Gasteiger partial charge in [-0.15, -0.1) is 23.2 Å². The van der Waals surface area contributed by atoms with Gasteiger partial charge in [-0.25, -0.2) is 17.9 Å². The molecule has 0 aliphatic carbocycles. The number of sulfonamides is 1. The Balaban J connectivity index is 2.74. The summed E-state index contributed by atoms with van der Waals surface area (Å²) in [6, 6.07) is 2.55. The van der Waals surface area contributed by atoms with Gasteiger partial charge in [-0.3, -0.25) is 0 Å². The van der Waals surface area contributed by atoms with Crippen LogP contribution >= 0.6 is 11.3 Å². The zero-order valence-electron chi connectivity index (χ0n) is 9.06. The molecule has 0 atom stereocenters. The molecule has 0 fully saturated rings. The summed E-state index contributed by atoms with van der Waals surface area (Å²) in [6.07, 6.45) is 0.424. The van der Waals surface area contributed by atoms with Gasteiger partial charge < -0.3 is 5.11 Å². The Morgan fingerprint density at radius 2 is 2.24 bits per heavy atom. The predicted octanol–water partition coefficient (Wildman–Crippen LogP) is 1.14. The predicted molar refractivity (Wildman–Crippen MR) is 64.5 cm³/mol. The summed E-state index contributed by atoms with van der Waals surface area (Å²) in [7, 11) is -3.62. The number of carbonyl (C=O) groups is 1. The molecule has 0 saturated heterocycles. The van der Waals surface area contributed by atoms with Crippen molar-refractivity contribution < 1.29 is 18.3 Å². The largest absolute Gasteiger partial charge is 0.477 e. The number of carboxylic acids is 1. The Labute approximate surface area is 104 Å². The molecule has 7 heteroatoms. The van der Waals surface area contributed by atoms with Crippen LogP contribution in [0.2, 0.25) is 0 Å². The third-order valence-electron chi connectivity index (χ3n) is 1.78. The standard InChI is InChI=1S/C10H11NO4S2/c1-2-3-4-7-11-17(14,15)9-6-5-8(16-9)10(12)13/h5-6,11H,4,7H2,1H3,(H,12,13). The second-order valence-electron chi connectivity index (χ2n) is 3.00. The van der Waals surface area contributed by atoms with Crippen molar-refractivity contribution in [1.29, 1.82) is 0 Å². The van der Waals surface area contributed by atoms with Crippen molar-refractivity contribution in [3.63, 3.8) is 0 Å². The summed E-state index contributed by atoms with van der Waals surface area (Å²) < 4.78 is 25.7. The van der Waals surface area contributed by atoms with Crippen LogP contribution in [0.1, 0.15) is 23.0 Å². The minimum absolute atomic E-state index is 0.000595. The van der Waals surface area contributed by atoms with Gasteiger partial charge in [0, 0.05) is 13.0 Å². The number of carboxylic acid groups (broad SMARTS) is 1. The van der Waals surface area contributed by atoms with Gasteiger partial charge in [-0.2, -0.15) is 0 Å². The second-order valence-corrected chi connectivity index (χ2v) is 6.08. The maximum absolute atomic E-state index is 11.7. The minimum Gasteiger partial charge on any atom is -0.477 e. The maximum atomic E-state index is 11.7. The first-order valence-electron chi connectivity index (χ1n) is 4.70. The summed E-state index contributed by atoms with van der Waals surface area (Å²) in [6.45, 7) is 1.89. The van der Waals surface area contributed by atoms with E-state index in [1.807, 2.05) is 0 Å². The average molecular weight is 273 g/mol.